The molecule has 6 rings (SSSR count). The molecule has 0 radical (unpaired) electrons. The Morgan fingerprint density at radius 3 is 2.59 bits per heavy atom. The second kappa shape index (κ2) is 10.1. The lowest BCUT2D eigenvalue weighted by Crippen LogP contribution is -2.47. The van der Waals surface area contributed by atoms with Crippen LogP contribution in [0.4, 0.5) is 11.6 Å². The summed E-state index contributed by atoms with van der Waals surface area (Å²) in [7, 11) is 1.67. The topological polar surface area (TPSA) is 125 Å². The standard InChI is InChI=1S/C25H29N9O3/c1-35-15-16-36-19-6-4-18(5-7-19)32-11-8-31(9-12-32)10-13-33-23-20(17-27-33)24-28-22(21-3-2-14-37-21)30-34(24)25(26)29-23/h2-7,14,17H,8-13,15-16H2,1H3,(H2,26,29)/p+1. The number of fused-ring (bicyclic) bond motifs is 3. The van der Waals surface area contributed by atoms with Crippen LogP contribution in [-0.2, 0) is 11.3 Å². The van der Waals surface area contributed by atoms with Crippen LogP contribution in [0.3, 0.4) is 0 Å². The number of anilines is 2. The maximum Gasteiger partial charge on any atom is 1.00 e. The minimum absolute atomic E-state index is 0. The monoisotopic (exact) mass is 504 g/mol. The summed E-state index contributed by atoms with van der Waals surface area (Å²) in [5, 5.41) is 9.83. The van der Waals surface area contributed by atoms with Gasteiger partial charge >= 0.3 is 1.43 Å². The van der Waals surface area contributed by atoms with E-state index in [2.05, 4.69) is 42.1 Å². The predicted molar refractivity (Wildman–Crippen MR) is 140 cm³/mol. The summed E-state index contributed by atoms with van der Waals surface area (Å²) in [5.41, 5.74) is 8.74. The molecule has 1 saturated heterocycles. The number of aromatic nitrogens is 6. The van der Waals surface area contributed by atoms with Crippen molar-refractivity contribution in [1.29, 1.82) is 0 Å². The van der Waals surface area contributed by atoms with E-state index in [0.717, 1.165) is 43.9 Å². The summed E-state index contributed by atoms with van der Waals surface area (Å²) in [6.45, 7) is 6.59. The summed E-state index contributed by atoms with van der Waals surface area (Å²) in [6, 6.07) is 11.9. The van der Waals surface area contributed by atoms with E-state index in [0.29, 0.717) is 42.6 Å². The van der Waals surface area contributed by atoms with Gasteiger partial charge in [0.25, 0.3) is 0 Å². The van der Waals surface area contributed by atoms with Crippen LogP contribution in [0.2, 0.25) is 0 Å². The first kappa shape index (κ1) is 23.3. The van der Waals surface area contributed by atoms with Crippen LogP contribution in [-0.4, -0.2) is 87.3 Å². The van der Waals surface area contributed by atoms with Gasteiger partial charge in [-0.25, -0.2) is 9.67 Å². The third-order valence-corrected chi connectivity index (χ3v) is 6.60. The van der Waals surface area contributed by atoms with Gasteiger partial charge in [0.2, 0.25) is 11.8 Å². The van der Waals surface area contributed by atoms with Crippen LogP contribution in [0.15, 0.2) is 53.3 Å². The number of nitrogens with zero attached hydrogens (tertiary/aromatic N) is 8. The summed E-state index contributed by atoms with van der Waals surface area (Å²) in [5.74, 6) is 2.16. The molecule has 37 heavy (non-hydrogen) atoms. The molecular formula is C25H30N9O3+. The van der Waals surface area contributed by atoms with Crippen LogP contribution >= 0.6 is 0 Å². The fraction of sp³-hybridized carbons (Fsp3) is 0.360. The van der Waals surface area contributed by atoms with Gasteiger partial charge in [-0.05, 0) is 36.4 Å². The zero-order valence-electron chi connectivity index (χ0n) is 21.7. The molecule has 12 heteroatoms. The Morgan fingerprint density at radius 2 is 1.84 bits per heavy atom. The number of furan rings is 1. The maximum absolute atomic E-state index is 6.21. The van der Waals surface area contributed by atoms with Crippen molar-refractivity contribution in [2.45, 2.75) is 6.54 Å². The number of benzene rings is 1. The number of hydrogen-bond donors (Lipinski definition) is 1. The minimum Gasteiger partial charge on any atom is -0.491 e. The Hall–Kier alpha value is -4.16. The van der Waals surface area contributed by atoms with Crippen molar-refractivity contribution in [2.75, 3.05) is 63.7 Å². The van der Waals surface area contributed by atoms with Gasteiger partial charge in [0, 0.05) is 45.5 Å². The second-order valence-electron chi connectivity index (χ2n) is 8.89. The van der Waals surface area contributed by atoms with E-state index in [4.69, 9.17) is 19.6 Å². The average molecular weight is 505 g/mol. The van der Waals surface area contributed by atoms with E-state index in [1.54, 1.807) is 25.6 Å². The molecule has 4 aromatic heterocycles. The van der Waals surface area contributed by atoms with E-state index in [1.807, 2.05) is 22.9 Å². The fourth-order valence-corrected chi connectivity index (χ4v) is 4.59. The summed E-state index contributed by atoms with van der Waals surface area (Å²) < 4.78 is 19.6. The molecule has 0 saturated carbocycles. The lowest BCUT2D eigenvalue weighted by Gasteiger charge is -2.36. The zero-order chi connectivity index (χ0) is 25.2. The number of rotatable bonds is 9. The molecule has 1 aliphatic rings. The van der Waals surface area contributed by atoms with Crippen molar-refractivity contribution in [3.8, 4) is 17.3 Å². The highest BCUT2D eigenvalue weighted by Crippen LogP contribution is 2.24. The first-order chi connectivity index (χ1) is 18.2. The molecule has 0 spiro atoms. The van der Waals surface area contributed by atoms with E-state index in [9.17, 15) is 0 Å². The number of ether oxygens (including phenoxy) is 2. The summed E-state index contributed by atoms with van der Waals surface area (Å²) >= 11 is 0. The number of nitrogen functional groups attached to an aromatic ring is 1. The van der Waals surface area contributed by atoms with E-state index < -0.39 is 0 Å². The van der Waals surface area contributed by atoms with Crippen molar-refractivity contribution in [1.82, 2.24) is 34.3 Å². The van der Waals surface area contributed by atoms with Gasteiger partial charge in [-0.15, -0.1) is 5.10 Å². The molecule has 192 valence electrons. The molecule has 0 amide bonds. The molecule has 5 heterocycles. The molecule has 0 bridgehead atoms. The van der Waals surface area contributed by atoms with Gasteiger partial charge in [0.15, 0.2) is 17.1 Å². The average Bonchev–Trinajstić information content (AvgIpc) is 3.68. The van der Waals surface area contributed by atoms with Crippen molar-refractivity contribution in [3.63, 3.8) is 0 Å². The van der Waals surface area contributed by atoms with Crippen molar-refractivity contribution in [3.05, 3.63) is 48.9 Å². The molecule has 12 nitrogen and oxygen atoms in total. The molecule has 5 aromatic rings. The van der Waals surface area contributed by atoms with Crippen molar-refractivity contribution >= 4 is 28.3 Å². The van der Waals surface area contributed by atoms with Crippen LogP contribution in [0.25, 0.3) is 28.3 Å². The lowest BCUT2D eigenvalue weighted by molar-refractivity contribution is 0.146. The molecule has 0 atom stereocenters. The SMILES string of the molecule is COCCOc1ccc(N2CCN(CCn3ncc4c3nc(N)n3nc(-c5ccco5)nc43)CC2)cc1.[H+]. The number of nitrogens with two attached hydrogens (primary N) is 1. The van der Waals surface area contributed by atoms with Gasteiger partial charge in [0.05, 0.1) is 31.0 Å². The largest absolute Gasteiger partial charge is 1.00 e. The minimum atomic E-state index is 0. The summed E-state index contributed by atoms with van der Waals surface area (Å²) in [4.78, 5) is 14.0. The Balaban J connectivity index is 0.00000294. The van der Waals surface area contributed by atoms with Gasteiger partial charge < -0.3 is 24.5 Å². The molecule has 0 unspecified atom stereocenters. The lowest BCUT2D eigenvalue weighted by atomic mass is 10.2. The molecule has 1 fully saturated rings. The molecule has 1 aromatic carbocycles. The predicted octanol–water partition coefficient (Wildman–Crippen LogP) is 2.28. The van der Waals surface area contributed by atoms with E-state index in [-0.39, 0.29) is 7.37 Å². The van der Waals surface area contributed by atoms with Gasteiger partial charge in [0.1, 0.15) is 12.4 Å². The Morgan fingerprint density at radius 1 is 1.00 bits per heavy atom. The first-order valence-corrected chi connectivity index (χ1v) is 12.3. The molecule has 1 aliphatic heterocycles. The highest BCUT2D eigenvalue weighted by Gasteiger charge is 2.20. The van der Waals surface area contributed by atoms with E-state index >= 15 is 0 Å². The smallest absolute Gasteiger partial charge is 0.491 e. The second-order valence-corrected chi connectivity index (χ2v) is 8.89. The number of methoxy groups -OCH3 is 1. The third kappa shape index (κ3) is 4.68. The van der Waals surface area contributed by atoms with Gasteiger partial charge in [-0.2, -0.15) is 14.6 Å². The highest BCUT2D eigenvalue weighted by atomic mass is 16.5. The quantitative estimate of drug-likeness (QED) is 0.299. The molecular weight excluding hydrogens is 474 g/mol. The van der Waals surface area contributed by atoms with E-state index in [1.165, 1.54) is 10.2 Å². The van der Waals surface area contributed by atoms with Gasteiger partial charge in [-0.1, -0.05) is 0 Å². The number of piperazine rings is 1. The first-order valence-electron chi connectivity index (χ1n) is 12.3. The van der Waals surface area contributed by atoms with Crippen LogP contribution in [0.5, 0.6) is 5.75 Å². The van der Waals surface area contributed by atoms with Gasteiger partial charge in [-0.3, -0.25) is 4.90 Å². The Kier molecular flexibility index (Phi) is 6.33. The van der Waals surface area contributed by atoms with Crippen LogP contribution in [0, 0.1) is 0 Å². The van der Waals surface area contributed by atoms with Crippen molar-refractivity contribution < 1.29 is 15.3 Å². The van der Waals surface area contributed by atoms with Crippen LogP contribution < -0.4 is 15.4 Å². The Bertz CT molecular complexity index is 1480. The maximum atomic E-state index is 6.21. The summed E-state index contributed by atoms with van der Waals surface area (Å²) in [6.07, 6.45) is 3.37. The normalized spacial score (nSPS) is 14.7. The third-order valence-electron chi connectivity index (χ3n) is 6.60. The number of hydrogen-bond acceptors (Lipinski definition) is 10. The highest BCUT2D eigenvalue weighted by molar-refractivity contribution is 5.90. The molecule has 2 N–H and O–H groups in total. The van der Waals surface area contributed by atoms with Crippen molar-refractivity contribution in [2.24, 2.45) is 0 Å². The Labute approximate surface area is 214 Å². The fourth-order valence-electron chi connectivity index (χ4n) is 4.59. The zero-order valence-corrected chi connectivity index (χ0v) is 20.7. The van der Waals surface area contributed by atoms with Crippen LogP contribution in [0.1, 0.15) is 1.43 Å². The molecule has 0 aliphatic carbocycles.